The van der Waals surface area contributed by atoms with Crippen molar-refractivity contribution in [1.29, 1.82) is 0 Å². The maximum absolute atomic E-state index is 14.1. The Morgan fingerprint density at radius 1 is 1.10 bits per heavy atom. The van der Waals surface area contributed by atoms with E-state index in [1.807, 2.05) is 49.1 Å². The van der Waals surface area contributed by atoms with E-state index in [2.05, 4.69) is 13.0 Å². The normalized spacial score (nSPS) is 20.6. The van der Waals surface area contributed by atoms with Crippen LogP contribution in [0.25, 0.3) is 0 Å². The molecule has 2 heterocycles. The minimum atomic E-state index is -1.06. The third-order valence-electron chi connectivity index (χ3n) is 7.64. The average Bonchev–Trinajstić information content (AvgIpc) is 2.94. The van der Waals surface area contributed by atoms with Crippen molar-refractivity contribution < 1.29 is 23.8 Å². The van der Waals surface area contributed by atoms with Crippen LogP contribution in [0, 0.1) is 13.8 Å². The standard InChI is InChI=1S/C31H41ClN2O5/c1-4-5-14-33-15-17-37-27-12-7-6-10-25(27)11-8-9-13-31(30(33)36)22-34(16-18-39-31)28(35)21-38-26-19-23(2)29(32)24(3)20-26/h6-7,10,12,19-20H,4-5,8-9,11,13-18,21-22H2,1-3H3. The molecule has 4 rings (SSSR count). The van der Waals surface area contributed by atoms with Crippen LogP contribution in [0.1, 0.15) is 55.7 Å². The Kier molecular flexibility index (Phi) is 10.1. The maximum atomic E-state index is 14.1. The van der Waals surface area contributed by atoms with E-state index in [1.54, 1.807) is 4.90 Å². The van der Waals surface area contributed by atoms with E-state index in [4.69, 9.17) is 25.8 Å². The van der Waals surface area contributed by atoms with Gasteiger partial charge in [0, 0.05) is 18.1 Å². The maximum Gasteiger partial charge on any atom is 0.260 e. The second-order valence-corrected chi connectivity index (χ2v) is 11.0. The molecular formula is C31H41ClN2O5. The molecule has 0 aliphatic carbocycles. The van der Waals surface area contributed by atoms with E-state index in [9.17, 15) is 9.59 Å². The Morgan fingerprint density at radius 3 is 2.64 bits per heavy atom. The molecule has 0 saturated carbocycles. The lowest BCUT2D eigenvalue weighted by Crippen LogP contribution is -2.62. The van der Waals surface area contributed by atoms with E-state index in [-0.39, 0.29) is 25.0 Å². The van der Waals surface area contributed by atoms with Crippen molar-refractivity contribution in [3.63, 3.8) is 0 Å². The van der Waals surface area contributed by atoms with Gasteiger partial charge in [-0.05, 0) is 80.8 Å². The van der Waals surface area contributed by atoms with E-state index in [0.717, 1.165) is 49.0 Å². The van der Waals surface area contributed by atoms with E-state index in [1.165, 1.54) is 5.56 Å². The summed E-state index contributed by atoms with van der Waals surface area (Å²) in [5.41, 5.74) is 1.93. The van der Waals surface area contributed by atoms with Crippen LogP contribution >= 0.6 is 11.6 Å². The first-order chi connectivity index (χ1) is 18.8. The van der Waals surface area contributed by atoms with Gasteiger partial charge in [0.05, 0.1) is 19.7 Å². The molecule has 2 aromatic rings. The van der Waals surface area contributed by atoms with Gasteiger partial charge in [-0.2, -0.15) is 0 Å². The van der Waals surface area contributed by atoms with E-state index < -0.39 is 5.60 Å². The molecule has 1 atom stereocenters. The molecule has 212 valence electrons. The van der Waals surface area contributed by atoms with Crippen LogP contribution in [0.5, 0.6) is 11.5 Å². The van der Waals surface area contributed by atoms with Gasteiger partial charge in [0.2, 0.25) is 0 Å². The number of carbonyl (C=O) groups excluding carboxylic acids is 2. The fraction of sp³-hybridized carbons (Fsp3) is 0.548. The van der Waals surface area contributed by atoms with Gasteiger partial charge < -0.3 is 24.0 Å². The molecule has 0 radical (unpaired) electrons. The quantitative estimate of drug-likeness (QED) is 0.479. The highest BCUT2D eigenvalue weighted by molar-refractivity contribution is 6.32. The zero-order valence-corrected chi connectivity index (χ0v) is 24.2. The molecule has 0 N–H and O–H groups in total. The summed E-state index contributed by atoms with van der Waals surface area (Å²) < 4.78 is 18.3. The van der Waals surface area contributed by atoms with Gasteiger partial charge in [-0.3, -0.25) is 9.59 Å². The summed E-state index contributed by atoms with van der Waals surface area (Å²) >= 11 is 6.28. The summed E-state index contributed by atoms with van der Waals surface area (Å²) in [5, 5.41) is 0.700. The van der Waals surface area contributed by atoms with Crippen molar-refractivity contribution in [2.75, 3.05) is 46.0 Å². The number of rotatable bonds is 6. The molecule has 7 nitrogen and oxygen atoms in total. The van der Waals surface area contributed by atoms with Crippen molar-refractivity contribution in [2.24, 2.45) is 0 Å². The minimum Gasteiger partial charge on any atom is -0.491 e. The summed E-state index contributed by atoms with van der Waals surface area (Å²) in [6.45, 7) is 8.35. The highest BCUT2D eigenvalue weighted by atomic mass is 35.5. The summed E-state index contributed by atoms with van der Waals surface area (Å²) in [6, 6.07) is 11.8. The predicted octanol–water partition coefficient (Wildman–Crippen LogP) is 5.37. The lowest BCUT2D eigenvalue weighted by molar-refractivity contribution is -0.177. The van der Waals surface area contributed by atoms with Gasteiger partial charge in [0.1, 0.15) is 18.1 Å². The number of ether oxygens (including phenoxy) is 3. The molecular weight excluding hydrogens is 516 g/mol. The Balaban J connectivity index is 1.50. The van der Waals surface area contributed by atoms with E-state index in [0.29, 0.717) is 50.0 Å². The summed E-state index contributed by atoms with van der Waals surface area (Å²) in [7, 11) is 0. The van der Waals surface area contributed by atoms with Crippen LogP contribution in [0.3, 0.4) is 0 Å². The molecule has 2 aliphatic rings. The summed E-state index contributed by atoms with van der Waals surface area (Å²) in [6.07, 6.45) is 5.03. The van der Waals surface area contributed by atoms with Crippen LogP contribution in [-0.4, -0.2) is 73.2 Å². The molecule has 1 saturated heterocycles. The van der Waals surface area contributed by atoms with E-state index >= 15 is 0 Å². The Morgan fingerprint density at radius 2 is 1.87 bits per heavy atom. The molecule has 2 aliphatic heterocycles. The Hall–Kier alpha value is -2.77. The number of benzene rings is 2. The van der Waals surface area contributed by atoms with Crippen LogP contribution in [0.2, 0.25) is 5.02 Å². The Bertz CT molecular complexity index is 1130. The molecule has 1 unspecified atom stereocenters. The molecule has 2 amide bonds. The number of unbranched alkanes of at least 4 members (excludes halogenated alkanes) is 1. The number of aryl methyl sites for hydroxylation is 3. The van der Waals surface area contributed by atoms with Crippen molar-refractivity contribution in [3.8, 4) is 11.5 Å². The number of morpholine rings is 1. The molecule has 39 heavy (non-hydrogen) atoms. The first-order valence-electron chi connectivity index (χ1n) is 14.1. The third kappa shape index (κ3) is 7.25. The fourth-order valence-corrected chi connectivity index (χ4v) is 5.51. The van der Waals surface area contributed by atoms with Gasteiger partial charge in [-0.25, -0.2) is 0 Å². The Labute approximate surface area is 237 Å². The summed E-state index contributed by atoms with van der Waals surface area (Å²) in [4.78, 5) is 31.0. The second kappa shape index (κ2) is 13.5. The van der Waals surface area contributed by atoms with Crippen LogP contribution in [0.15, 0.2) is 36.4 Å². The number of fused-ring (bicyclic) bond motifs is 1. The van der Waals surface area contributed by atoms with Crippen LogP contribution in [0.4, 0.5) is 0 Å². The van der Waals surface area contributed by atoms with Crippen molar-refractivity contribution in [2.45, 2.75) is 64.9 Å². The fourth-order valence-electron chi connectivity index (χ4n) is 5.41. The number of hydrogen-bond donors (Lipinski definition) is 0. The molecule has 1 fully saturated rings. The van der Waals surface area contributed by atoms with Gasteiger partial charge in [0.15, 0.2) is 12.2 Å². The smallest absolute Gasteiger partial charge is 0.260 e. The molecule has 8 heteroatoms. The number of para-hydroxylation sites is 1. The second-order valence-electron chi connectivity index (χ2n) is 10.6. The van der Waals surface area contributed by atoms with Gasteiger partial charge in [-0.1, -0.05) is 43.1 Å². The molecule has 2 aromatic carbocycles. The first kappa shape index (κ1) is 29.2. The number of nitrogens with zero attached hydrogens (tertiary/aromatic N) is 2. The molecule has 0 aromatic heterocycles. The number of carbonyl (C=O) groups is 2. The third-order valence-corrected chi connectivity index (χ3v) is 8.23. The van der Waals surface area contributed by atoms with Crippen molar-refractivity contribution in [3.05, 3.63) is 58.1 Å². The highest BCUT2D eigenvalue weighted by Crippen LogP contribution is 2.30. The van der Waals surface area contributed by atoms with Gasteiger partial charge in [-0.15, -0.1) is 0 Å². The topological polar surface area (TPSA) is 68.3 Å². The SMILES string of the molecule is CCCCN1CCOc2ccccc2CCCCC2(CN(C(=O)COc3cc(C)c(Cl)c(C)c3)CCO2)C1=O. The van der Waals surface area contributed by atoms with Gasteiger partial charge in [0.25, 0.3) is 11.8 Å². The summed E-state index contributed by atoms with van der Waals surface area (Å²) in [5.74, 6) is 1.31. The van der Waals surface area contributed by atoms with Crippen molar-refractivity contribution >= 4 is 23.4 Å². The predicted molar refractivity (Wildman–Crippen MR) is 153 cm³/mol. The van der Waals surface area contributed by atoms with Crippen molar-refractivity contribution in [1.82, 2.24) is 9.80 Å². The molecule has 0 bridgehead atoms. The lowest BCUT2D eigenvalue weighted by Gasteiger charge is -2.44. The van der Waals surface area contributed by atoms with Crippen LogP contribution in [-0.2, 0) is 20.7 Å². The number of amides is 2. The number of hydrogen-bond acceptors (Lipinski definition) is 5. The molecule has 1 spiro atoms. The number of halogens is 1. The van der Waals surface area contributed by atoms with Crippen LogP contribution < -0.4 is 9.47 Å². The largest absolute Gasteiger partial charge is 0.491 e. The monoisotopic (exact) mass is 556 g/mol. The highest BCUT2D eigenvalue weighted by Gasteiger charge is 2.46. The minimum absolute atomic E-state index is 0.0456. The first-order valence-corrected chi connectivity index (χ1v) is 14.5. The average molecular weight is 557 g/mol. The zero-order chi connectivity index (χ0) is 27.8. The van der Waals surface area contributed by atoms with Gasteiger partial charge >= 0.3 is 0 Å². The lowest BCUT2D eigenvalue weighted by atomic mass is 9.90. The zero-order valence-electron chi connectivity index (χ0n) is 23.5.